The van der Waals surface area contributed by atoms with Gasteiger partial charge in [-0.05, 0) is 75.9 Å². The maximum Gasteiger partial charge on any atom is 0.241 e. The molecule has 0 amide bonds. The van der Waals surface area contributed by atoms with E-state index in [0.717, 1.165) is 54.9 Å². The van der Waals surface area contributed by atoms with Gasteiger partial charge in [-0.15, -0.1) is 0 Å². The second-order valence-corrected chi connectivity index (χ2v) is 11.1. The number of hydrogen-bond acceptors (Lipinski definition) is 5. The number of hydrogen-bond donors (Lipinski definition) is 1. The zero-order chi connectivity index (χ0) is 22.9. The summed E-state index contributed by atoms with van der Waals surface area (Å²) in [5.74, 6) is 1.76. The molecule has 0 aromatic heterocycles. The van der Waals surface area contributed by atoms with Gasteiger partial charge in [0.05, 0.1) is 4.90 Å². The Morgan fingerprint density at radius 3 is 2.44 bits per heavy atom. The summed E-state index contributed by atoms with van der Waals surface area (Å²) >= 11 is 6.06. The highest BCUT2D eigenvalue weighted by Crippen LogP contribution is 2.34. The summed E-state index contributed by atoms with van der Waals surface area (Å²) in [5, 5.41) is 0.632. The van der Waals surface area contributed by atoms with Gasteiger partial charge in [-0.2, -0.15) is 0 Å². The Kier molecular flexibility index (Phi) is 7.00. The number of likely N-dealkylation sites (tertiary alicyclic amines) is 1. The van der Waals surface area contributed by atoms with Crippen LogP contribution in [-0.2, 0) is 10.0 Å². The molecule has 1 N–H and O–H groups in total. The van der Waals surface area contributed by atoms with Crippen molar-refractivity contribution < 1.29 is 17.9 Å². The van der Waals surface area contributed by atoms with Crippen LogP contribution in [0.5, 0.6) is 11.5 Å². The Labute approximate surface area is 195 Å². The summed E-state index contributed by atoms with van der Waals surface area (Å²) in [6.45, 7) is 9.30. The number of fused-ring (bicyclic) bond motifs is 1. The Balaban J connectivity index is 1.27. The van der Waals surface area contributed by atoms with E-state index in [2.05, 4.69) is 9.62 Å². The van der Waals surface area contributed by atoms with Gasteiger partial charge in [-0.1, -0.05) is 29.3 Å². The van der Waals surface area contributed by atoms with Crippen LogP contribution in [-0.4, -0.2) is 52.2 Å². The molecule has 8 heteroatoms. The normalized spacial score (nSPS) is 19.8. The van der Waals surface area contributed by atoms with Gasteiger partial charge in [0.2, 0.25) is 10.0 Å². The van der Waals surface area contributed by atoms with E-state index in [1.165, 1.54) is 0 Å². The molecule has 2 aromatic rings. The van der Waals surface area contributed by atoms with Crippen LogP contribution in [0.2, 0.25) is 5.02 Å². The van der Waals surface area contributed by atoms with Gasteiger partial charge in [0, 0.05) is 24.2 Å². The second-order valence-electron chi connectivity index (χ2n) is 8.97. The lowest BCUT2D eigenvalue weighted by Crippen LogP contribution is -2.45. The fraction of sp³-hybridized carbons (Fsp3) is 0.500. The number of sulfonamides is 1. The predicted molar refractivity (Wildman–Crippen MR) is 126 cm³/mol. The average molecular weight is 479 g/mol. The molecule has 2 aliphatic rings. The van der Waals surface area contributed by atoms with Gasteiger partial charge < -0.3 is 9.47 Å². The molecule has 0 unspecified atom stereocenters. The first-order valence-electron chi connectivity index (χ1n) is 11.1. The maximum absolute atomic E-state index is 12.9. The van der Waals surface area contributed by atoms with Crippen LogP contribution in [0.25, 0.3) is 0 Å². The molecule has 1 atom stereocenters. The van der Waals surface area contributed by atoms with Crippen molar-refractivity contribution in [1.29, 1.82) is 0 Å². The van der Waals surface area contributed by atoms with Crippen molar-refractivity contribution in [3.05, 3.63) is 52.0 Å². The van der Waals surface area contributed by atoms with Gasteiger partial charge in [-0.3, -0.25) is 4.90 Å². The van der Waals surface area contributed by atoms with Gasteiger partial charge in [0.15, 0.2) is 11.5 Å². The van der Waals surface area contributed by atoms with Gasteiger partial charge >= 0.3 is 0 Å². The molecule has 2 aliphatic heterocycles. The van der Waals surface area contributed by atoms with Crippen LogP contribution in [0.15, 0.2) is 35.2 Å². The first-order chi connectivity index (χ1) is 15.2. The topological polar surface area (TPSA) is 67.9 Å². The van der Waals surface area contributed by atoms with E-state index in [1.54, 1.807) is 12.1 Å². The summed E-state index contributed by atoms with van der Waals surface area (Å²) < 4.78 is 40.6. The number of benzene rings is 2. The monoisotopic (exact) mass is 478 g/mol. The van der Waals surface area contributed by atoms with Crippen LogP contribution in [0.1, 0.15) is 29.5 Å². The van der Waals surface area contributed by atoms with E-state index in [1.807, 2.05) is 39.0 Å². The number of nitrogens with one attached hydrogen (secondary N) is 1. The van der Waals surface area contributed by atoms with E-state index in [9.17, 15) is 8.42 Å². The van der Waals surface area contributed by atoms with Crippen molar-refractivity contribution in [2.45, 2.75) is 44.6 Å². The number of piperidine rings is 1. The third-order valence-electron chi connectivity index (χ3n) is 6.23. The van der Waals surface area contributed by atoms with E-state index in [4.69, 9.17) is 21.1 Å². The number of rotatable bonds is 6. The molecule has 0 bridgehead atoms. The lowest BCUT2D eigenvalue weighted by Gasteiger charge is -2.35. The van der Waals surface area contributed by atoms with Gasteiger partial charge in [-0.25, -0.2) is 13.1 Å². The molecule has 0 aliphatic carbocycles. The SMILES string of the molecule is Cc1cc(C)c(S(=O)(=O)NCC2CCN(C[C@H]3COc4ccc(Cl)cc4O3)CC2)c(C)c1. The van der Waals surface area contributed by atoms with E-state index >= 15 is 0 Å². The highest BCUT2D eigenvalue weighted by Gasteiger charge is 2.28. The molecule has 2 heterocycles. The van der Waals surface area contributed by atoms with Crippen molar-refractivity contribution in [2.24, 2.45) is 5.92 Å². The highest BCUT2D eigenvalue weighted by atomic mass is 35.5. The molecule has 2 aromatic carbocycles. The molecule has 4 rings (SSSR count). The minimum atomic E-state index is -3.52. The van der Waals surface area contributed by atoms with Crippen molar-refractivity contribution >= 4 is 21.6 Å². The summed E-state index contributed by atoms with van der Waals surface area (Å²) in [6, 6.07) is 9.26. The average Bonchev–Trinajstić information content (AvgIpc) is 2.72. The molecular formula is C24H31ClN2O4S. The van der Waals surface area contributed by atoms with Crippen LogP contribution >= 0.6 is 11.6 Å². The summed E-state index contributed by atoms with van der Waals surface area (Å²) in [7, 11) is -3.52. The molecule has 0 radical (unpaired) electrons. The van der Waals surface area contributed by atoms with Crippen LogP contribution in [0.4, 0.5) is 0 Å². The smallest absolute Gasteiger partial charge is 0.241 e. The minimum Gasteiger partial charge on any atom is -0.486 e. The van der Waals surface area contributed by atoms with Gasteiger partial charge in [0.1, 0.15) is 12.7 Å². The molecule has 6 nitrogen and oxygen atoms in total. The molecule has 32 heavy (non-hydrogen) atoms. The Morgan fingerprint density at radius 1 is 1.06 bits per heavy atom. The predicted octanol–water partition coefficient (Wildman–Crippen LogP) is 4.10. The zero-order valence-electron chi connectivity index (χ0n) is 18.9. The zero-order valence-corrected chi connectivity index (χ0v) is 20.4. The first-order valence-corrected chi connectivity index (χ1v) is 13.0. The van der Waals surface area contributed by atoms with Crippen LogP contribution in [0, 0.1) is 26.7 Å². The third-order valence-corrected chi connectivity index (χ3v) is 8.19. The molecular weight excluding hydrogens is 448 g/mol. The molecule has 174 valence electrons. The lowest BCUT2D eigenvalue weighted by atomic mass is 9.97. The van der Waals surface area contributed by atoms with Gasteiger partial charge in [0.25, 0.3) is 0 Å². The Bertz CT molecular complexity index is 1060. The fourth-order valence-electron chi connectivity index (χ4n) is 4.73. The Morgan fingerprint density at radius 2 is 1.75 bits per heavy atom. The van der Waals surface area contributed by atoms with Crippen LogP contribution in [0.3, 0.4) is 0 Å². The van der Waals surface area contributed by atoms with E-state index < -0.39 is 10.0 Å². The standard InChI is InChI=1S/C24H31ClN2O4S/c1-16-10-17(2)24(18(3)11-16)32(28,29)26-13-19-6-8-27(9-7-19)14-21-15-30-22-5-4-20(25)12-23(22)31-21/h4-5,10-12,19,21,26H,6-9,13-15H2,1-3H3/t21-/m0/s1. The molecule has 0 saturated carbocycles. The van der Waals surface area contributed by atoms with E-state index in [-0.39, 0.29) is 6.10 Å². The number of ether oxygens (including phenoxy) is 2. The molecule has 1 saturated heterocycles. The number of aryl methyl sites for hydroxylation is 3. The first kappa shape index (κ1) is 23.4. The summed E-state index contributed by atoms with van der Waals surface area (Å²) in [5.41, 5.74) is 2.66. The summed E-state index contributed by atoms with van der Waals surface area (Å²) in [6.07, 6.45) is 1.86. The molecule has 0 spiro atoms. The maximum atomic E-state index is 12.9. The minimum absolute atomic E-state index is 0.0384. The third kappa shape index (κ3) is 5.39. The van der Waals surface area contributed by atoms with Crippen molar-refractivity contribution in [2.75, 3.05) is 32.8 Å². The molecule has 1 fully saturated rings. The van der Waals surface area contributed by atoms with Crippen LogP contribution < -0.4 is 14.2 Å². The van der Waals surface area contributed by atoms with Crippen molar-refractivity contribution in [3.63, 3.8) is 0 Å². The largest absolute Gasteiger partial charge is 0.486 e. The van der Waals surface area contributed by atoms with Crippen molar-refractivity contribution in [1.82, 2.24) is 9.62 Å². The fourth-order valence-corrected chi connectivity index (χ4v) is 6.46. The quantitative estimate of drug-likeness (QED) is 0.677. The Hall–Kier alpha value is -1.80. The number of nitrogens with zero attached hydrogens (tertiary/aromatic N) is 1. The lowest BCUT2D eigenvalue weighted by molar-refractivity contribution is 0.0481. The summed E-state index contributed by atoms with van der Waals surface area (Å²) in [4.78, 5) is 2.78. The highest BCUT2D eigenvalue weighted by molar-refractivity contribution is 7.89. The van der Waals surface area contributed by atoms with Crippen molar-refractivity contribution in [3.8, 4) is 11.5 Å². The van der Waals surface area contributed by atoms with E-state index in [0.29, 0.717) is 34.7 Å². The second kappa shape index (κ2) is 9.59. The number of halogens is 1.